The van der Waals surface area contributed by atoms with E-state index in [2.05, 4.69) is 4.98 Å². The van der Waals surface area contributed by atoms with Crippen LogP contribution in [0.4, 0.5) is 17.6 Å². The fourth-order valence-corrected chi connectivity index (χ4v) is 8.73. The van der Waals surface area contributed by atoms with Crippen LogP contribution >= 0.6 is 11.8 Å². The van der Waals surface area contributed by atoms with Gasteiger partial charge in [0.05, 0.1) is 31.4 Å². The molecule has 280 valence electrons. The number of nitrogens with zero attached hydrogens (tertiary/aromatic N) is 4. The smallest absolute Gasteiger partial charge is 0.336 e. The quantitative estimate of drug-likeness (QED) is 0.0582. The number of benzene rings is 3. The molecule has 6 nitrogen and oxygen atoms in total. The molecule has 0 saturated carbocycles. The van der Waals surface area contributed by atoms with E-state index in [1.165, 1.54) is 23.6 Å². The monoisotopic (exact) mass is 826 g/mol. The molecule has 1 amide bonds. The minimum Gasteiger partial charge on any atom is -0.336 e. The Bertz CT molecular complexity index is 2480. The molecule has 0 bridgehead atoms. The van der Waals surface area contributed by atoms with Gasteiger partial charge in [-0.25, -0.2) is 4.39 Å². The Morgan fingerprint density at radius 1 is 0.683 bits per heavy atom. The Labute approximate surface area is 390 Å². The van der Waals surface area contributed by atoms with Gasteiger partial charge in [-0.1, -0.05) is 107 Å². The number of carbonyl (C=O) groups is 1. The zero-order chi connectivity index (χ0) is 47.6. The molecule has 0 atom stereocenters. The van der Waals surface area contributed by atoms with E-state index in [0.717, 1.165) is 11.8 Å². The van der Waals surface area contributed by atoms with Crippen molar-refractivity contribution in [3.63, 3.8) is 0 Å². The van der Waals surface area contributed by atoms with Crippen LogP contribution in [0.3, 0.4) is 0 Å². The van der Waals surface area contributed by atoms with Crippen molar-refractivity contribution >= 4 is 209 Å². The van der Waals surface area contributed by atoms with E-state index in [1.54, 1.807) is 4.57 Å². The summed E-state index contributed by atoms with van der Waals surface area (Å²) < 4.78 is 57.9. The Kier molecular flexibility index (Phi) is 15.2. The molecule has 5 rings (SSSR count). The number of rotatable bonds is 13. The SMILES string of the molecule is [B]c1c([B])c(CSc2nc(=O)c3c(n2CC(=O)N(CCN(C([B])([B])C)C([B])([B])C)Cc2c([B])c([B])c(-c4c([B])c([B])c(C(F)(F)F)c([B])c4[B])c([B])c2[B])CCC3)c([B])c([B])c1F. The zero-order valence-electron chi connectivity index (χ0n) is 34.4. The first kappa shape index (κ1) is 51.1. The summed E-state index contributed by atoms with van der Waals surface area (Å²) in [7, 11) is 99.0. The van der Waals surface area contributed by atoms with Gasteiger partial charge < -0.3 is 14.4 Å². The first-order valence-electron chi connectivity index (χ1n) is 18.9. The number of hydrogen-bond donors (Lipinski definition) is 0. The summed E-state index contributed by atoms with van der Waals surface area (Å²) in [4.78, 5) is 34.9. The van der Waals surface area contributed by atoms with Gasteiger partial charge in [-0.3, -0.25) is 9.59 Å². The minimum atomic E-state index is -5.03. The summed E-state index contributed by atoms with van der Waals surface area (Å²) >= 11 is 0.969. The Morgan fingerprint density at radius 2 is 1.14 bits per heavy atom. The van der Waals surface area contributed by atoms with Crippen LogP contribution in [0.1, 0.15) is 48.2 Å². The molecular weight excluding hydrogens is 801 g/mol. The third-order valence-electron chi connectivity index (χ3n) is 11.0. The summed E-state index contributed by atoms with van der Waals surface area (Å²) in [5.74, 6) is -1.69. The van der Waals surface area contributed by atoms with E-state index in [-0.39, 0.29) is 79.0 Å². The summed E-state index contributed by atoms with van der Waals surface area (Å²) in [6, 6.07) is 0. The van der Waals surface area contributed by atoms with Crippen molar-refractivity contribution in [1.29, 1.82) is 0 Å². The molecule has 4 aromatic rings. The van der Waals surface area contributed by atoms with Crippen LogP contribution in [0.25, 0.3) is 11.1 Å². The number of alkyl halides is 3. The molecule has 0 aliphatic heterocycles. The van der Waals surface area contributed by atoms with Crippen LogP contribution < -0.4 is 71.1 Å². The maximum atomic E-state index is 14.8. The normalized spacial score (nSPS) is 13.1. The molecule has 0 saturated heterocycles. The molecule has 1 aliphatic rings. The standard InChI is InChI=1S/C36H22B16F4N4O2S/c1-34(49,50)60(35(2,51)52)7-6-58(8-12-19(37)23(41)16(24(42)20(12)38)17-25(43)27(45)18(36(54,55)56)28(46)26(17)44)15(61)9-59-14-5-3-4-11(14)32(62)57-33(59)63-10-13-21(39)29(47)31(53)30(48)22(13)40/h3-10H2,1-2H3. The molecule has 3 aromatic carbocycles. The fourth-order valence-electron chi connectivity index (χ4n) is 7.67. The highest BCUT2D eigenvalue weighted by atomic mass is 32.2. The molecular formula is C36H22B16F4N4O2S. The predicted molar refractivity (Wildman–Crippen MR) is 260 cm³/mol. The number of fused-ring (bicyclic) bond motifs is 1. The highest BCUT2D eigenvalue weighted by Gasteiger charge is 2.36. The van der Waals surface area contributed by atoms with Crippen molar-refractivity contribution in [2.45, 2.75) is 74.0 Å². The third-order valence-corrected chi connectivity index (χ3v) is 12.0. The lowest BCUT2D eigenvalue weighted by molar-refractivity contribution is -0.136. The molecule has 1 heterocycles. The van der Waals surface area contributed by atoms with Gasteiger partial charge in [-0.2, -0.15) is 18.2 Å². The summed E-state index contributed by atoms with van der Waals surface area (Å²) in [6.45, 7) is 1.66. The highest BCUT2D eigenvalue weighted by Crippen LogP contribution is 2.28. The number of amides is 1. The van der Waals surface area contributed by atoms with Crippen molar-refractivity contribution < 1.29 is 22.4 Å². The van der Waals surface area contributed by atoms with Crippen LogP contribution in [-0.4, -0.2) is 175 Å². The van der Waals surface area contributed by atoms with Crippen molar-refractivity contribution in [2.75, 3.05) is 13.1 Å². The van der Waals surface area contributed by atoms with Gasteiger partial charge in [0.2, 0.25) is 5.91 Å². The Hall–Kier alpha value is -2.92. The topological polar surface area (TPSA) is 58.4 Å². The van der Waals surface area contributed by atoms with E-state index in [4.69, 9.17) is 126 Å². The maximum Gasteiger partial charge on any atom is 0.415 e. The number of aromatic nitrogens is 2. The molecule has 32 radical (unpaired) electrons. The summed E-state index contributed by atoms with van der Waals surface area (Å²) in [6.07, 6.45) is -3.66. The maximum absolute atomic E-state index is 14.8. The highest BCUT2D eigenvalue weighted by molar-refractivity contribution is 7.98. The largest absolute Gasteiger partial charge is 0.415 e. The predicted octanol–water partition coefficient (Wildman–Crippen LogP) is -9.27. The van der Waals surface area contributed by atoms with Gasteiger partial charge in [0.25, 0.3) is 5.56 Å². The molecule has 0 fully saturated rings. The van der Waals surface area contributed by atoms with Gasteiger partial charge in [0, 0.05) is 42.2 Å². The lowest BCUT2D eigenvalue weighted by Crippen LogP contribution is -2.62. The van der Waals surface area contributed by atoms with Crippen LogP contribution in [0.2, 0.25) is 0 Å². The summed E-state index contributed by atoms with van der Waals surface area (Å²) in [5.41, 5.74) is -7.01. The second-order valence-corrected chi connectivity index (χ2v) is 16.6. The lowest BCUT2D eigenvalue weighted by Gasteiger charge is -2.48. The van der Waals surface area contributed by atoms with Crippen molar-refractivity contribution in [2.24, 2.45) is 0 Å². The van der Waals surface area contributed by atoms with Crippen LogP contribution in [-0.2, 0) is 42.7 Å². The van der Waals surface area contributed by atoms with Gasteiger partial charge in [0.15, 0.2) is 5.16 Å². The minimum absolute atomic E-state index is 0.000428. The summed E-state index contributed by atoms with van der Waals surface area (Å²) in [5, 5.41) is -3.15. The van der Waals surface area contributed by atoms with E-state index < -0.39 is 85.6 Å². The van der Waals surface area contributed by atoms with E-state index in [0.29, 0.717) is 30.5 Å². The molecule has 1 aromatic heterocycles. The van der Waals surface area contributed by atoms with E-state index in [1.807, 2.05) is 0 Å². The van der Waals surface area contributed by atoms with Gasteiger partial charge in [-0.05, 0) is 36.0 Å². The van der Waals surface area contributed by atoms with E-state index in [9.17, 15) is 27.2 Å². The zero-order valence-corrected chi connectivity index (χ0v) is 35.2. The number of carbonyl (C=O) groups excluding carboxylic acids is 1. The van der Waals surface area contributed by atoms with Gasteiger partial charge >= 0.3 is 6.18 Å². The third kappa shape index (κ3) is 9.95. The molecule has 63 heavy (non-hydrogen) atoms. The van der Waals surface area contributed by atoms with Crippen LogP contribution in [0.15, 0.2) is 9.95 Å². The van der Waals surface area contributed by atoms with Gasteiger partial charge in [-0.15, -0.1) is 0 Å². The van der Waals surface area contributed by atoms with Crippen LogP contribution in [0.5, 0.6) is 0 Å². The number of thioether (sulfide) groups is 1. The Morgan fingerprint density at radius 3 is 1.60 bits per heavy atom. The molecule has 0 N–H and O–H groups in total. The van der Waals surface area contributed by atoms with Crippen LogP contribution in [0, 0.1) is 5.82 Å². The fraction of sp³-hybridized carbons (Fsp3) is 0.361. The number of halogens is 4. The second kappa shape index (κ2) is 18.8. The average Bonchev–Trinajstić information content (AvgIpc) is 3.68. The second-order valence-electron chi connectivity index (χ2n) is 15.6. The van der Waals surface area contributed by atoms with Crippen molar-refractivity contribution in [3.8, 4) is 11.1 Å². The van der Waals surface area contributed by atoms with Gasteiger partial charge in [0.1, 0.15) is 107 Å². The molecule has 27 heteroatoms. The Balaban J connectivity index is 1.63. The molecule has 0 unspecified atom stereocenters. The number of hydrogen-bond acceptors (Lipinski definition) is 5. The van der Waals surface area contributed by atoms with E-state index >= 15 is 0 Å². The van der Waals surface area contributed by atoms with Crippen molar-refractivity contribution in [3.05, 3.63) is 44.1 Å². The average molecular weight is 824 g/mol. The molecule has 0 spiro atoms. The van der Waals surface area contributed by atoms with Crippen molar-refractivity contribution in [1.82, 2.24) is 19.4 Å². The first-order chi connectivity index (χ1) is 28.9. The first-order valence-corrected chi connectivity index (χ1v) is 19.9. The molecule has 1 aliphatic carbocycles. The lowest BCUT2D eigenvalue weighted by atomic mass is 9.54.